The molecular weight excluding hydrogens is 713 g/mol. The highest BCUT2D eigenvalue weighted by Gasteiger charge is 2.58. The quantitative estimate of drug-likeness (QED) is 0.137. The van der Waals surface area contributed by atoms with E-state index in [4.69, 9.17) is 0 Å². The largest absolute Gasteiger partial charge is 0.311 e. The summed E-state index contributed by atoms with van der Waals surface area (Å²) in [5, 5.41) is 0. The smallest absolute Gasteiger partial charge is 0.0468 e. The van der Waals surface area contributed by atoms with Crippen molar-refractivity contribution in [3.05, 3.63) is 204 Å². The number of anilines is 6. The Morgan fingerprint density at radius 1 is 0.390 bits per heavy atom. The summed E-state index contributed by atoms with van der Waals surface area (Å²) in [7, 11) is 0. The molecule has 0 amide bonds. The summed E-state index contributed by atoms with van der Waals surface area (Å²) in [6, 6.07) is 68.7. The van der Waals surface area contributed by atoms with Crippen LogP contribution in [0.25, 0.3) is 11.1 Å². The van der Waals surface area contributed by atoms with Crippen LogP contribution in [0.3, 0.4) is 0 Å². The van der Waals surface area contributed by atoms with Crippen molar-refractivity contribution < 1.29 is 0 Å². The van der Waals surface area contributed by atoms with Crippen LogP contribution in [0.4, 0.5) is 34.1 Å². The van der Waals surface area contributed by atoms with Crippen LogP contribution >= 0.6 is 0 Å². The maximum absolute atomic E-state index is 2.52. The van der Waals surface area contributed by atoms with Gasteiger partial charge in [0.1, 0.15) is 0 Å². The number of hydrogen-bond donors (Lipinski definition) is 0. The molecule has 0 N–H and O–H groups in total. The molecule has 5 aliphatic carbocycles. The van der Waals surface area contributed by atoms with Gasteiger partial charge in [0.05, 0.1) is 0 Å². The summed E-state index contributed by atoms with van der Waals surface area (Å²) in [5.41, 5.74) is 16.0. The molecule has 2 heteroatoms. The van der Waals surface area contributed by atoms with Gasteiger partial charge >= 0.3 is 0 Å². The molecular formula is C57H54N2. The highest BCUT2D eigenvalue weighted by Crippen LogP contribution is 2.65. The van der Waals surface area contributed by atoms with Gasteiger partial charge in [-0.25, -0.2) is 0 Å². The highest BCUT2D eigenvalue weighted by atomic mass is 15.1. The van der Waals surface area contributed by atoms with E-state index in [2.05, 4.69) is 206 Å². The van der Waals surface area contributed by atoms with Crippen molar-refractivity contribution in [2.24, 2.45) is 23.7 Å². The summed E-state index contributed by atoms with van der Waals surface area (Å²) in [6.45, 7) is 4.71. The number of nitrogens with zero attached hydrogens (tertiary/aromatic N) is 2. The van der Waals surface area contributed by atoms with Crippen LogP contribution in [0.1, 0.15) is 81.0 Å². The van der Waals surface area contributed by atoms with Gasteiger partial charge < -0.3 is 9.80 Å². The molecule has 292 valence electrons. The fourth-order valence-corrected chi connectivity index (χ4v) is 13.0. The molecule has 4 saturated carbocycles. The predicted octanol–water partition coefficient (Wildman–Crippen LogP) is 15.5. The summed E-state index contributed by atoms with van der Waals surface area (Å²) in [5.74, 6) is 3.09. The second-order valence-electron chi connectivity index (χ2n) is 18.0. The minimum absolute atomic E-state index is 0.00724. The summed E-state index contributed by atoms with van der Waals surface area (Å²) >= 11 is 0. The third kappa shape index (κ3) is 5.66. The normalized spacial score (nSPS) is 23.1. The van der Waals surface area contributed by atoms with Crippen LogP contribution in [0.2, 0.25) is 0 Å². The van der Waals surface area contributed by atoms with Crippen LogP contribution in [0.5, 0.6) is 0 Å². The van der Waals surface area contributed by atoms with Gasteiger partial charge in [0.2, 0.25) is 0 Å². The SMILES string of the molecule is CCC1(CC)c2ccccc2-c2cc(N(c3ccccc3)c3ccc(C4(c5ccc(N(c6ccccc6)c6ccccc6)cc5)C5CC6CC(C5)CC4C6)cc3)ccc21. The number of para-hydroxylation sites is 3. The zero-order valence-corrected chi connectivity index (χ0v) is 34.5. The minimum atomic E-state index is 0.00724. The molecule has 4 bridgehead atoms. The van der Waals surface area contributed by atoms with Crippen LogP contribution in [0, 0.1) is 23.7 Å². The zero-order valence-electron chi connectivity index (χ0n) is 34.5. The van der Waals surface area contributed by atoms with E-state index in [1.807, 2.05) is 0 Å². The topological polar surface area (TPSA) is 6.48 Å². The first kappa shape index (κ1) is 36.2. The Balaban J connectivity index is 1.01. The average molecular weight is 767 g/mol. The van der Waals surface area contributed by atoms with Crippen LogP contribution < -0.4 is 9.80 Å². The fraction of sp³-hybridized carbons (Fsp3) is 0.263. The van der Waals surface area contributed by atoms with Crippen molar-refractivity contribution >= 4 is 34.1 Å². The molecule has 7 aromatic rings. The van der Waals surface area contributed by atoms with Crippen LogP contribution in [-0.2, 0) is 10.8 Å². The lowest BCUT2D eigenvalue weighted by atomic mass is 9.42. The molecule has 7 aromatic carbocycles. The molecule has 5 aliphatic rings. The van der Waals surface area contributed by atoms with Crippen molar-refractivity contribution in [2.45, 2.75) is 69.6 Å². The molecule has 0 spiro atoms. The van der Waals surface area contributed by atoms with E-state index in [1.165, 1.54) is 99.6 Å². The Hall–Kier alpha value is -5.86. The summed E-state index contributed by atoms with van der Waals surface area (Å²) in [6.07, 6.45) is 9.03. The molecule has 12 rings (SSSR count). The van der Waals surface area contributed by atoms with E-state index in [0.29, 0.717) is 11.8 Å². The van der Waals surface area contributed by atoms with Crippen molar-refractivity contribution in [3.8, 4) is 11.1 Å². The lowest BCUT2D eigenvalue weighted by molar-refractivity contribution is -0.0418. The van der Waals surface area contributed by atoms with E-state index >= 15 is 0 Å². The van der Waals surface area contributed by atoms with Crippen molar-refractivity contribution in [1.29, 1.82) is 0 Å². The number of hydrogen-bond acceptors (Lipinski definition) is 2. The first-order chi connectivity index (χ1) is 29.1. The van der Waals surface area contributed by atoms with Gasteiger partial charge in [-0.05, 0) is 175 Å². The van der Waals surface area contributed by atoms with Crippen LogP contribution in [-0.4, -0.2) is 0 Å². The number of benzene rings is 7. The number of fused-ring (bicyclic) bond motifs is 3. The summed E-state index contributed by atoms with van der Waals surface area (Å²) in [4.78, 5) is 4.87. The van der Waals surface area contributed by atoms with E-state index < -0.39 is 0 Å². The molecule has 59 heavy (non-hydrogen) atoms. The van der Waals surface area contributed by atoms with Gasteiger partial charge in [0, 0.05) is 45.0 Å². The number of rotatable bonds is 10. The van der Waals surface area contributed by atoms with Gasteiger partial charge in [-0.3, -0.25) is 0 Å². The minimum Gasteiger partial charge on any atom is -0.311 e. The second kappa shape index (κ2) is 14.5. The maximum atomic E-state index is 2.52. The van der Waals surface area contributed by atoms with Gasteiger partial charge in [-0.2, -0.15) is 0 Å². The maximum Gasteiger partial charge on any atom is 0.0468 e. The molecule has 0 radical (unpaired) electrons. The fourth-order valence-electron chi connectivity index (χ4n) is 13.0. The van der Waals surface area contributed by atoms with Gasteiger partial charge in [-0.1, -0.05) is 123 Å². The first-order valence-corrected chi connectivity index (χ1v) is 22.3. The van der Waals surface area contributed by atoms with Crippen molar-refractivity contribution in [1.82, 2.24) is 0 Å². The lowest BCUT2D eigenvalue weighted by Gasteiger charge is -2.62. The zero-order chi connectivity index (χ0) is 39.6. The van der Waals surface area contributed by atoms with E-state index in [1.54, 1.807) is 0 Å². The summed E-state index contributed by atoms with van der Waals surface area (Å²) < 4.78 is 0. The average Bonchev–Trinajstić information content (AvgIpc) is 3.57. The van der Waals surface area contributed by atoms with E-state index in [9.17, 15) is 0 Å². The Bertz CT molecular complexity index is 2500. The molecule has 0 heterocycles. The second-order valence-corrected chi connectivity index (χ2v) is 18.0. The van der Waals surface area contributed by atoms with Gasteiger partial charge in [0.25, 0.3) is 0 Å². The predicted molar refractivity (Wildman–Crippen MR) is 247 cm³/mol. The first-order valence-electron chi connectivity index (χ1n) is 22.3. The molecule has 0 unspecified atom stereocenters. The molecule has 4 fully saturated rings. The highest BCUT2D eigenvalue weighted by molar-refractivity contribution is 5.87. The molecule has 2 nitrogen and oxygen atoms in total. The van der Waals surface area contributed by atoms with Crippen LogP contribution in [0.15, 0.2) is 182 Å². The Labute approximate surface area is 351 Å². The molecule has 0 aromatic heterocycles. The van der Waals surface area contributed by atoms with E-state index in [-0.39, 0.29) is 10.8 Å². The third-order valence-electron chi connectivity index (χ3n) is 15.4. The van der Waals surface area contributed by atoms with Gasteiger partial charge in [-0.15, -0.1) is 0 Å². The van der Waals surface area contributed by atoms with E-state index in [0.717, 1.165) is 24.7 Å². The third-order valence-corrected chi connectivity index (χ3v) is 15.4. The molecule has 0 aliphatic heterocycles. The Morgan fingerprint density at radius 3 is 1.25 bits per heavy atom. The Kier molecular flexibility index (Phi) is 8.88. The monoisotopic (exact) mass is 766 g/mol. The Morgan fingerprint density at radius 2 is 0.780 bits per heavy atom. The van der Waals surface area contributed by atoms with Gasteiger partial charge in [0.15, 0.2) is 0 Å². The van der Waals surface area contributed by atoms with Crippen molar-refractivity contribution in [2.75, 3.05) is 9.80 Å². The lowest BCUT2D eigenvalue weighted by Crippen LogP contribution is -2.56. The molecule has 0 atom stereocenters. The standard InChI is InChI=1S/C57H54N2/c1-3-56(4-2)54-23-15-14-22-52(54)53-39-51(32-33-55(53)56)59(48-20-12-7-13-21-48)50-30-26-43(27-31-50)57(44-35-40-34-41(37-44)38-45(57)36-40)42-24-28-49(29-25-42)58(46-16-8-5-9-17-46)47-18-10-6-11-19-47/h5-33,39-41,44-45H,3-4,34-38H2,1-2H3. The van der Waals surface area contributed by atoms with Crippen molar-refractivity contribution in [3.63, 3.8) is 0 Å². The molecule has 0 saturated heterocycles.